The Balaban J connectivity index is 4.03. The summed E-state index contributed by atoms with van der Waals surface area (Å²) in [7, 11) is 0. The summed E-state index contributed by atoms with van der Waals surface area (Å²) in [5.41, 5.74) is 0. The minimum atomic E-state index is 0.351. The molecule has 0 aromatic rings. The topological polar surface area (TPSA) is 33.0 Å². The Kier molecular flexibility index (Phi) is 12.1. The average molecular weight is 267 g/mol. The van der Waals surface area contributed by atoms with E-state index in [1.807, 2.05) is 0 Å². The van der Waals surface area contributed by atoms with Crippen molar-refractivity contribution in [2.75, 3.05) is 6.61 Å². The van der Waals surface area contributed by atoms with Crippen LogP contribution in [0, 0.1) is 23.2 Å². The van der Waals surface area contributed by atoms with Crippen molar-refractivity contribution in [2.45, 2.75) is 85.2 Å². The fourth-order valence-electron chi connectivity index (χ4n) is 2.53. The fourth-order valence-corrected chi connectivity index (χ4v) is 2.53. The molecule has 0 heterocycles. The summed E-state index contributed by atoms with van der Waals surface area (Å²) in [4.78, 5) is 0. The van der Waals surface area contributed by atoms with Crippen molar-refractivity contribution in [1.29, 1.82) is 5.26 Å². The lowest BCUT2D eigenvalue weighted by Crippen LogP contribution is -2.18. The first-order valence-electron chi connectivity index (χ1n) is 8.12. The van der Waals surface area contributed by atoms with Crippen LogP contribution in [0.2, 0.25) is 0 Å². The Morgan fingerprint density at radius 2 is 1.84 bits per heavy atom. The van der Waals surface area contributed by atoms with Gasteiger partial charge in [0.25, 0.3) is 0 Å². The average Bonchev–Trinajstić information content (AvgIpc) is 2.38. The van der Waals surface area contributed by atoms with Crippen LogP contribution in [0.15, 0.2) is 0 Å². The Labute approximate surface area is 120 Å². The second-order valence-electron chi connectivity index (χ2n) is 6.02. The second kappa shape index (κ2) is 12.5. The van der Waals surface area contributed by atoms with Crippen LogP contribution in [0.1, 0.15) is 79.1 Å². The molecule has 0 aromatic heterocycles. The van der Waals surface area contributed by atoms with Crippen molar-refractivity contribution < 1.29 is 4.74 Å². The van der Waals surface area contributed by atoms with Gasteiger partial charge in [0.15, 0.2) is 0 Å². The van der Waals surface area contributed by atoms with E-state index >= 15 is 0 Å². The molecule has 0 unspecified atom stereocenters. The first-order valence-corrected chi connectivity index (χ1v) is 8.12. The molecule has 2 atom stereocenters. The van der Waals surface area contributed by atoms with Gasteiger partial charge in [-0.15, -0.1) is 0 Å². The van der Waals surface area contributed by atoms with E-state index in [0.717, 1.165) is 18.8 Å². The standard InChI is InChI=1S/C17H33NO/c1-5-7-9-16(6-2)10-11-17(14-15(3)4)19-13-8-12-18/h15-17H,5-11,13-14H2,1-4H3/t16-,17+/m1/s1. The lowest BCUT2D eigenvalue weighted by molar-refractivity contribution is 0.0322. The van der Waals surface area contributed by atoms with Crippen molar-refractivity contribution in [2.24, 2.45) is 11.8 Å². The molecule has 0 saturated carbocycles. The maximum Gasteiger partial charge on any atom is 0.0645 e. The Morgan fingerprint density at radius 3 is 2.37 bits per heavy atom. The largest absolute Gasteiger partial charge is 0.377 e. The van der Waals surface area contributed by atoms with Crippen LogP contribution in [-0.2, 0) is 4.74 Å². The van der Waals surface area contributed by atoms with Crippen molar-refractivity contribution in [3.05, 3.63) is 0 Å². The quantitative estimate of drug-likeness (QED) is 0.448. The van der Waals surface area contributed by atoms with Crippen LogP contribution in [0.25, 0.3) is 0 Å². The minimum absolute atomic E-state index is 0.351. The third kappa shape index (κ3) is 11.0. The van der Waals surface area contributed by atoms with Gasteiger partial charge in [-0.3, -0.25) is 0 Å². The summed E-state index contributed by atoms with van der Waals surface area (Å²) >= 11 is 0. The highest BCUT2D eigenvalue weighted by Crippen LogP contribution is 2.22. The third-order valence-corrected chi connectivity index (χ3v) is 3.74. The molecule has 0 rings (SSSR count). The Bertz CT molecular complexity index is 232. The maximum atomic E-state index is 8.58. The highest BCUT2D eigenvalue weighted by atomic mass is 16.5. The molecule has 0 radical (unpaired) electrons. The van der Waals surface area contributed by atoms with Gasteiger partial charge in [0.05, 0.1) is 25.2 Å². The second-order valence-corrected chi connectivity index (χ2v) is 6.02. The van der Waals surface area contributed by atoms with E-state index in [1.54, 1.807) is 0 Å². The lowest BCUT2D eigenvalue weighted by Gasteiger charge is -2.22. The number of rotatable bonds is 12. The molecule has 0 saturated heterocycles. The molecule has 0 fully saturated rings. The molecule has 0 amide bonds. The van der Waals surface area contributed by atoms with E-state index in [9.17, 15) is 0 Å². The van der Waals surface area contributed by atoms with Crippen LogP contribution < -0.4 is 0 Å². The van der Waals surface area contributed by atoms with E-state index in [2.05, 4.69) is 33.8 Å². The first kappa shape index (κ1) is 18.4. The van der Waals surface area contributed by atoms with Gasteiger partial charge in [-0.1, -0.05) is 53.4 Å². The molecule has 2 heteroatoms. The minimum Gasteiger partial charge on any atom is -0.377 e. The Hall–Kier alpha value is -0.550. The molecule has 0 aliphatic carbocycles. The summed E-state index contributed by atoms with van der Waals surface area (Å²) in [6, 6.07) is 2.16. The smallest absolute Gasteiger partial charge is 0.0645 e. The molecular formula is C17H33NO. The van der Waals surface area contributed by atoms with Crippen LogP contribution in [0.4, 0.5) is 0 Å². The van der Waals surface area contributed by atoms with Crippen molar-refractivity contribution in [1.82, 2.24) is 0 Å². The van der Waals surface area contributed by atoms with E-state index in [0.29, 0.717) is 25.0 Å². The molecular weight excluding hydrogens is 234 g/mol. The normalized spacial score (nSPS) is 14.3. The summed E-state index contributed by atoms with van der Waals surface area (Å²) in [6.07, 6.45) is 9.72. The van der Waals surface area contributed by atoms with Gasteiger partial charge >= 0.3 is 0 Å². The van der Waals surface area contributed by atoms with Crippen LogP contribution in [-0.4, -0.2) is 12.7 Å². The SMILES string of the molecule is CCCC[C@@H](CC)CC[C@@H](CC(C)C)OCCC#N. The molecule has 0 spiro atoms. The van der Waals surface area contributed by atoms with Gasteiger partial charge in [-0.2, -0.15) is 5.26 Å². The number of unbranched alkanes of at least 4 members (excludes halogenated alkanes) is 1. The zero-order valence-corrected chi connectivity index (χ0v) is 13.5. The monoisotopic (exact) mass is 267 g/mol. The molecule has 19 heavy (non-hydrogen) atoms. The van der Waals surface area contributed by atoms with Gasteiger partial charge in [0.2, 0.25) is 0 Å². The number of ether oxygens (including phenoxy) is 1. The van der Waals surface area contributed by atoms with Crippen molar-refractivity contribution in [3.8, 4) is 6.07 Å². The van der Waals surface area contributed by atoms with E-state index in [-0.39, 0.29) is 0 Å². The number of nitriles is 1. The zero-order valence-electron chi connectivity index (χ0n) is 13.5. The van der Waals surface area contributed by atoms with Crippen molar-refractivity contribution >= 4 is 0 Å². The predicted octanol–water partition coefficient (Wildman–Crippen LogP) is 5.33. The molecule has 0 N–H and O–H groups in total. The van der Waals surface area contributed by atoms with E-state index < -0.39 is 0 Å². The fraction of sp³-hybridized carbons (Fsp3) is 0.941. The summed E-state index contributed by atoms with van der Waals surface area (Å²) in [5.74, 6) is 1.52. The molecule has 0 bridgehead atoms. The third-order valence-electron chi connectivity index (χ3n) is 3.74. The van der Waals surface area contributed by atoms with Crippen LogP contribution in [0.5, 0.6) is 0 Å². The van der Waals surface area contributed by atoms with Gasteiger partial charge in [0, 0.05) is 0 Å². The summed E-state index contributed by atoms with van der Waals surface area (Å²) in [5, 5.41) is 8.58. The van der Waals surface area contributed by atoms with E-state index in [4.69, 9.17) is 10.00 Å². The zero-order chi connectivity index (χ0) is 14.5. The highest BCUT2D eigenvalue weighted by Gasteiger charge is 2.14. The van der Waals surface area contributed by atoms with Gasteiger partial charge in [-0.05, 0) is 31.1 Å². The van der Waals surface area contributed by atoms with Gasteiger partial charge < -0.3 is 4.74 Å². The van der Waals surface area contributed by atoms with Gasteiger partial charge in [0.1, 0.15) is 0 Å². The lowest BCUT2D eigenvalue weighted by atomic mass is 9.91. The number of nitrogens with zero attached hydrogens (tertiary/aromatic N) is 1. The maximum absolute atomic E-state index is 8.58. The number of hydrogen-bond acceptors (Lipinski definition) is 2. The summed E-state index contributed by atoms with van der Waals surface area (Å²) < 4.78 is 5.87. The van der Waals surface area contributed by atoms with E-state index in [1.165, 1.54) is 32.1 Å². The number of hydrogen-bond donors (Lipinski definition) is 0. The molecule has 0 aromatic carbocycles. The molecule has 0 aliphatic heterocycles. The van der Waals surface area contributed by atoms with Gasteiger partial charge in [-0.25, -0.2) is 0 Å². The highest BCUT2D eigenvalue weighted by molar-refractivity contribution is 4.70. The molecule has 112 valence electrons. The van der Waals surface area contributed by atoms with Crippen molar-refractivity contribution in [3.63, 3.8) is 0 Å². The predicted molar refractivity (Wildman–Crippen MR) is 82.0 cm³/mol. The molecule has 2 nitrogen and oxygen atoms in total. The first-order chi connectivity index (χ1) is 9.13. The van der Waals surface area contributed by atoms with Crippen LogP contribution >= 0.6 is 0 Å². The van der Waals surface area contributed by atoms with Crippen LogP contribution in [0.3, 0.4) is 0 Å². The molecule has 0 aliphatic rings. The Morgan fingerprint density at radius 1 is 1.11 bits per heavy atom. The summed E-state index contributed by atoms with van der Waals surface area (Å²) in [6.45, 7) is 9.65.